The zero-order valence-corrected chi connectivity index (χ0v) is 21.7. The van der Waals surface area contributed by atoms with Gasteiger partial charge in [-0.3, -0.25) is 4.79 Å². The van der Waals surface area contributed by atoms with Gasteiger partial charge in [-0.15, -0.1) is 11.3 Å². The second-order valence-electron chi connectivity index (χ2n) is 7.76. The summed E-state index contributed by atoms with van der Waals surface area (Å²) in [6.07, 6.45) is 0. The fourth-order valence-corrected chi connectivity index (χ4v) is 5.20. The Morgan fingerprint density at radius 3 is 2.43 bits per heavy atom. The first kappa shape index (κ1) is 25.7. The molecule has 0 saturated heterocycles. The molecule has 1 unspecified atom stereocenters. The lowest BCUT2D eigenvalue weighted by molar-refractivity contribution is -0.115. The van der Waals surface area contributed by atoms with Gasteiger partial charge in [0.05, 0.1) is 23.1 Å². The Kier molecular flexibility index (Phi) is 8.04. The second-order valence-corrected chi connectivity index (χ2v) is 9.95. The third-order valence-corrected chi connectivity index (χ3v) is 7.18. The van der Waals surface area contributed by atoms with Gasteiger partial charge in [-0.2, -0.15) is 10.5 Å². The minimum Gasteiger partial charge on any atom is -0.494 e. The van der Waals surface area contributed by atoms with Gasteiger partial charge in [0.15, 0.2) is 5.13 Å². The zero-order valence-electron chi connectivity index (χ0n) is 20.1. The number of nitrogens with zero attached hydrogens (tertiary/aromatic N) is 4. The number of amides is 1. The van der Waals surface area contributed by atoms with Gasteiger partial charge in [0.2, 0.25) is 5.91 Å². The van der Waals surface area contributed by atoms with Gasteiger partial charge < -0.3 is 15.8 Å². The predicted molar refractivity (Wildman–Crippen MR) is 146 cm³/mol. The van der Waals surface area contributed by atoms with Crippen LogP contribution in [0, 0.1) is 22.7 Å². The van der Waals surface area contributed by atoms with E-state index in [1.807, 2.05) is 54.8 Å². The van der Waals surface area contributed by atoms with E-state index in [9.17, 15) is 15.3 Å². The average Bonchev–Trinajstić information content (AvgIpc) is 3.37. The van der Waals surface area contributed by atoms with Crippen molar-refractivity contribution < 1.29 is 9.53 Å². The highest BCUT2D eigenvalue weighted by Crippen LogP contribution is 2.37. The molecule has 4 rings (SSSR count). The number of rotatable bonds is 8. The van der Waals surface area contributed by atoms with Gasteiger partial charge in [0.1, 0.15) is 34.3 Å². The molecule has 2 aromatic carbocycles. The van der Waals surface area contributed by atoms with Gasteiger partial charge in [0.25, 0.3) is 0 Å². The Labute approximate surface area is 222 Å². The van der Waals surface area contributed by atoms with Crippen molar-refractivity contribution in [3.63, 3.8) is 0 Å². The highest BCUT2D eigenvalue weighted by atomic mass is 32.2. The van der Waals surface area contributed by atoms with Crippen LogP contribution in [0.25, 0.3) is 22.4 Å². The van der Waals surface area contributed by atoms with E-state index >= 15 is 0 Å². The summed E-state index contributed by atoms with van der Waals surface area (Å²) in [4.78, 5) is 21.8. The van der Waals surface area contributed by atoms with Crippen molar-refractivity contribution in [2.45, 2.75) is 24.1 Å². The highest BCUT2D eigenvalue weighted by molar-refractivity contribution is 8.00. The van der Waals surface area contributed by atoms with Crippen LogP contribution in [0.1, 0.15) is 25.0 Å². The minimum atomic E-state index is -0.617. The lowest BCUT2D eigenvalue weighted by Crippen LogP contribution is -2.22. The van der Waals surface area contributed by atoms with E-state index in [-0.39, 0.29) is 27.9 Å². The van der Waals surface area contributed by atoms with Crippen LogP contribution in [0.3, 0.4) is 0 Å². The van der Waals surface area contributed by atoms with E-state index in [1.54, 1.807) is 19.1 Å². The number of benzene rings is 2. The highest BCUT2D eigenvalue weighted by Gasteiger charge is 2.24. The normalized spacial score (nSPS) is 11.2. The van der Waals surface area contributed by atoms with Gasteiger partial charge in [-0.1, -0.05) is 42.1 Å². The molecule has 2 heterocycles. The Morgan fingerprint density at radius 1 is 1.08 bits per heavy atom. The number of pyridine rings is 1. The number of thiazole rings is 1. The number of hydrogen-bond donors (Lipinski definition) is 2. The Balaban J connectivity index is 1.53. The van der Waals surface area contributed by atoms with Crippen LogP contribution in [0.4, 0.5) is 10.9 Å². The lowest BCUT2D eigenvalue weighted by atomic mass is 9.97. The number of nitrogens with one attached hydrogen (secondary N) is 1. The molecule has 8 nitrogen and oxygen atoms in total. The van der Waals surface area contributed by atoms with Crippen LogP contribution in [-0.4, -0.2) is 27.7 Å². The van der Waals surface area contributed by atoms with Crippen molar-refractivity contribution in [1.82, 2.24) is 9.97 Å². The van der Waals surface area contributed by atoms with Crippen molar-refractivity contribution in [3.8, 4) is 40.3 Å². The van der Waals surface area contributed by atoms with E-state index in [1.165, 1.54) is 11.3 Å². The molecule has 0 radical (unpaired) electrons. The number of nitrogen functional groups attached to an aromatic ring is 1. The first-order valence-electron chi connectivity index (χ1n) is 11.3. The van der Waals surface area contributed by atoms with Crippen LogP contribution in [0.15, 0.2) is 65.0 Å². The molecule has 37 heavy (non-hydrogen) atoms. The maximum atomic E-state index is 13.0. The summed E-state index contributed by atoms with van der Waals surface area (Å²) in [5, 5.41) is 24.4. The Hall–Kier alpha value is -4.38. The van der Waals surface area contributed by atoms with Gasteiger partial charge in [-0.25, -0.2) is 9.97 Å². The van der Waals surface area contributed by atoms with Crippen molar-refractivity contribution in [2.24, 2.45) is 0 Å². The molecule has 0 spiro atoms. The number of thioether (sulfide) groups is 1. The second kappa shape index (κ2) is 11.6. The molecule has 0 aliphatic rings. The van der Waals surface area contributed by atoms with Crippen LogP contribution in [-0.2, 0) is 4.79 Å². The quantitative estimate of drug-likeness (QED) is 0.278. The summed E-state index contributed by atoms with van der Waals surface area (Å²) >= 11 is 2.42. The third-order valence-electron chi connectivity index (χ3n) is 5.33. The van der Waals surface area contributed by atoms with Crippen molar-refractivity contribution in [2.75, 3.05) is 17.7 Å². The number of hydrogen-bond acceptors (Lipinski definition) is 9. The molecule has 1 atom stereocenters. The van der Waals surface area contributed by atoms with Gasteiger partial charge >= 0.3 is 0 Å². The first-order chi connectivity index (χ1) is 17.9. The summed E-state index contributed by atoms with van der Waals surface area (Å²) < 4.78 is 5.47. The largest absolute Gasteiger partial charge is 0.494 e. The number of ether oxygens (including phenoxy) is 1. The number of nitrogens with two attached hydrogens (primary N) is 1. The minimum absolute atomic E-state index is 0.00961. The molecule has 2 aromatic heterocycles. The monoisotopic (exact) mass is 526 g/mol. The van der Waals surface area contributed by atoms with Gasteiger partial charge in [-0.05, 0) is 43.7 Å². The standard InChI is InChI=1S/C27H22N6O2S2/c1-3-35-19-11-9-17(10-12-19)22-15-36-27(31-22)33-25(34)16(2)37-26-21(14-29)23(18-7-5-4-6-8-18)20(13-28)24(30)32-26/h4-12,15-16H,3H2,1-2H3,(H2,30,32)(H,31,33,34). The SMILES string of the molecule is CCOc1ccc(-c2csc(NC(=O)C(C)Sc3nc(N)c(C#N)c(-c4ccccc4)c3C#N)n2)cc1. The molecule has 184 valence electrons. The van der Waals surface area contributed by atoms with Crippen molar-refractivity contribution in [1.29, 1.82) is 10.5 Å². The van der Waals surface area contributed by atoms with E-state index < -0.39 is 5.25 Å². The molecule has 0 aliphatic heterocycles. The number of carbonyl (C=O) groups is 1. The number of carbonyl (C=O) groups excluding carboxylic acids is 1. The van der Waals surface area contributed by atoms with E-state index in [4.69, 9.17) is 10.5 Å². The number of anilines is 2. The molecular formula is C27H22N6O2S2. The Morgan fingerprint density at radius 2 is 1.78 bits per heavy atom. The molecule has 0 fully saturated rings. The molecule has 4 aromatic rings. The summed E-state index contributed by atoms with van der Waals surface area (Å²) in [7, 11) is 0. The van der Waals surface area contributed by atoms with Crippen LogP contribution < -0.4 is 15.8 Å². The van der Waals surface area contributed by atoms with Crippen LogP contribution in [0.5, 0.6) is 5.75 Å². The fraction of sp³-hybridized carbons (Fsp3) is 0.148. The van der Waals surface area contributed by atoms with Crippen LogP contribution in [0.2, 0.25) is 0 Å². The zero-order chi connectivity index (χ0) is 26.4. The molecule has 0 bridgehead atoms. The van der Waals surface area contributed by atoms with E-state index in [0.717, 1.165) is 28.8 Å². The molecule has 1 amide bonds. The fourth-order valence-electron chi connectivity index (χ4n) is 3.56. The topological polar surface area (TPSA) is 138 Å². The van der Waals surface area contributed by atoms with E-state index in [0.29, 0.717) is 22.9 Å². The molecule has 0 aliphatic carbocycles. The maximum absolute atomic E-state index is 13.0. The summed E-state index contributed by atoms with van der Waals surface area (Å²) in [5.74, 6) is 0.493. The van der Waals surface area contributed by atoms with Gasteiger partial charge in [0, 0.05) is 16.5 Å². The maximum Gasteiger partial charge on any atom is 0.239 e. The Bertz CT molecular complexity index is 1510. The molecule has 3 N–H and O–H groups in total. The predicted octanol–water partition coefficient (Wildman–Crippen LogP) is 5.72. The van der Waals surface area contributed by atoms with E-state index in [2.05, 4.69) is 27.4 Å². The first-order valence-corrected chi connectivity index (χ1v) is 13.1. The molecular weight excluding hydrogens is 504 g/mol. The summed E-state index contributed by atoms with van der Waals surface area (Å²) in [6.45, 7) is 4.23. The number of aromatic nitrogens is 2. The summed E-state index contributed by atoms with van der Waals surface area (Å²) in [6, 6.07) is 20.9. The smallest absolute Gasteiger partial charge is 0.239 e. The average molecular weight is 527 g/mol. The molecule has 10 heteroatoms. The summed E-state index contributed by atoms with van der Waals surface area (Å²) in [5.41, 5.74) is 9.15. The molecule has 0 saturated carbocycles. The lowest BCUT2D eigenvalue weighted by Gasteiger charge is -2.15. The third kappa shape index (κ3) is 5.72. The number of nitriles is 2. The van der Waals surface area contributed by atoms with Crippen molar-refractivity contribution >= 4 is 40.0 Å². The van der Waals surface area contributed by atoms with Crippen molar-refractivity contribution in [3.05, 3.63) is 71.1 Å². The van der Waals surface area contributed by atoms with Crippen LogP contribution >= 0.6 is 23.1 Å².